The summed E-state index contributed by atoms with van der Waals surface area (Å²) in [7, 11) is 0. The zero-order chi connectivity index (χ0) is 16.7. The zero-order valence-electron chi connectivity index (χ0n) is 12.3. The Labute approximate surface area is 135 Å². The number of nitrogens with one attached hydrogen (secondary N) is 1. The summed E-state index contributed by atoms with van der Waals surface area (Å²) in [5.41, 5.74) is 1.43. The first-order valence-electron chi connectivity index (χ1n) is 7.21. The van der Waals surface area contributed by atoms with Crippen LogP contribution in [-0.2, 0) is 0 Å². The Hall–Kier alpha value is -3.41. The smallest absolute Gasteiger partial charge is 0.212 e. The van der Waals surface area contributed by atoms with Gasteiger partial charge in [-0.1, -0.05) is 18.2 Å². The van der Waals surface area contributed by atoms with Gasteiger partial charge in [0.05, 0.1) is 0 Å². The predicted octanol–water partition coefficient (Wildman–Crippen LogP) is 3.07. The quantitative estimate of drug-likeness (QED) is 0.787. The van der Waals surface area contributed by atoms with Crippen LogP contribution in [0.25, 0.3) is 17.1 Å². The SMILES string of the molecule is O=C1C=C(c2ccc(F)cc2)C(=O)c2[nH]c(-c3ccccn3)nc21. The highest BCUT2D eigenvalue weighted by Crippen LogP contribution is 2.28. The number of allylic oxidation sites excluding steroid dienone is 2. The largest absolute Gasteiger partial charge is 0.333 e. The van der Waals surface area contributed by atoms with E-state index in [4.69, 9.17) is 0 Å². The van der Waals surface area contributed by atoms with Crippen LogP contribution in [0.5, 0.6) is 0 Å². The molecule has 3 aromatic rings. The Morgan fingerprint density at radius 2 is 1.79 bits per heavy atom. The van der Waals surface area contributed by atoms with E-state index < -0.39 is 5.82 Å². The van der Waals surface area contributed by atoms with E-state index in [9.17, 15) is 14.0 Å². The van der Waals surface area contributed by atoms with Crippen molar-refractivity contribution in [3.8, 4) is 11.5 Å². The Balaban J connectivity index is 1.79. The number of hydrogen-bond donors (Lipinski definition) is 1. The lowest BCUT2D eigenvalue weighted by Crippen LogP contribution is -2.16. The monoisotopic (exact) mass is 319 g/mol. The van der Waals surface area contributed by atoms with Gasteiger partial charge in [-0.3, -0.25) is 14.6 Å². The molecule has 1 aliphatic rings. The minimum atomic E-state index is -0.409. The summed E-state index contributed by atoms with van der Waals surface area (Å²) in [6.07, 6.45) is 2.84. The number of fused-ring (bicyclic) bond motifs is 1. The third-order valence-corrected chi connectivity index (χ3v) is 3.75. The second-order valence-electron chi connectivity index (χ2n) is 5.28. The van der Waals surface area contributed by atoms with Crippen molar-refractivity contribution < 1.29 is 14.0 Å². The van der Waals surface area contributed by atoms with Crippen molar-refractivity contribution in [2.75, 3.05) is 0 Å². The van der Waals surface area contributed by atoms with Gasteiger partial charge in [-0.05, 0) is 35.9 Å². The van der Waals surface area contributed by atoms with Crippen molar-refractivity contribution in [3.63, 3.8) is 0 Å². The molecule has 116 valence electrons. The van der Waals surface area contributed by atoms with Gasteiger partial charge in [0.15, 0.2) is 5.82 Å². The molecule has 0 aliphatic heterocycles. The summed E-state index contributed by atoms with van der Waals surface area (Å²) < 4.78 is 13.1. The van der Waals surface area contributed by atoms with Crippen LogP contribution in [0.1, 0.15) is 26.5 Å². The number of nitrogens with zero attached hydrogens (tertiary/aromatic N) is 2. The zero-order valence-corrected chi connectivity index (χ0v) is 12.3. The molecule has 0 radical (unpaired) electrons. The van der Waals surface area contributed by atoms with E-state index in [-0.39, 0.29) is 28.5 Å². The highest BCUT2D eigenvalue weighted by molar-refractivity contribution is 6.37. The molecule has 1 N–H and O–H groups in total. The van der Waals surface area contributed by atoms with Crippen LogP contribution < -0.4 is 0 Å². The Morgan fingerprint density at radius 1 is 1.00 bits per heavy atom. The van der Waals surface area contributed by atoms with Gasteiger partial charge in [0.25, 0.3) is 0 Å². The van der Waals surface area contributed by atoms with E-state index in [0.717, 1.165) is 0 Å². The number of rotatable bonds is 2. The summed E-state index contributed by atoms with van der Waals surface area (Å²) in [4.78, 5) is 36.2. The van der Waals surface area contributed by atoms with Crippen molar-refractivity contribution >= 4 is 17.1 Å². The number of ketones is 2. The third kappa shape index (κ3) is 2.25. The van der Waals surface area contributed by atoms with Gasteiger partial charge in [0.1, 0.15) is 22.9 Å². The number of Topliss-reactive ketones (excluding diaryl/α,β-unsaturated/α-hetero) is 1. The standard InChI is InChI=1S/C18H10FN3O2/c19-11-6-4-10(5-7-11)12-9-14(23)15-16(17(12)24)22-18(21-15)13-3-1-2-8-20-13/h1-9H,(H,21,22). The second kappa shape index (κ2) is 5.34. The number of carbonyl (C=O) groups is 2. The molecule has 0 fully saturated rings. The van der Waals surface area contributed by atoms with Crippen molar-refractivity contribution in [2.24, 2.45) is 0 Å². The normalized spacial score (nSPS) is 13.6. The van der Waals surface area contributed by atoms with Gasteiger partial charge in [0.2, 0.25) is 11.6 Å². The molecule has 1 aliphatic carbocycles. The number of halogens is 1. The molecule has 6 heteroatoms. The molecular formula is C18H10FN3O2. The Morgan fingerprint density at radius 3 is 2.50 bits per heavy atom. The minimum absolute atomic E-state index is 0.0755. The molecule has 1 aromatic carbocycles. The number of hydrogen-bond acceptors (Lipinski definition) is 4. The number of carbonyl (C=O) groups excluding carboxylic acids is 2. The van der Waals surface area contributed by atoms with Gasteiger partial charge in [-0.2, -0.15) is 0 Å². The average Bonchev–Trinajstić information content (AvgIpc) is 3.06. The van der Waals surface area contributed by atoms with E-state index in [2.05, 4.69) is 15.0 Å². The number of aromatic nitrogens is 3. The topological polar surface area (TPSA) is 75.7 Å². The number of imidazole rings is 1. The summed E-state index contributed by atoms with van der Waals surface area (Å²) in [6, 6.07) is 10.7. The van der Waals surface area contributed by atoms with Crippen molar-refractivity contribution in [2.45, 2.75) is 0 Å². The van der Waals surface area contributed by atoms with E-state index in [1.165, 1.54) is 30.3 Å². The first kappa shape index (κ1) is 14.2. The lowest BCUT2D eigenvalue weighted by molar-refractivity contribution is 0.0996. The molecule has 2 aromatic heterocycles. The fraction of sp³-hybridized carbons (Fsp3) is 0. The lowest BCUT2D eigenvalue weighted by atomic mass is 9.92. The van der Waals surface area contributed by atoms with Crippen LogP contribution in [0.2, 0.25) is 0 Å². The second-order valence-corrected chi connectivity index (χ2v) is 5.28. The molecule has 0 atom stereocenters. The van der Waals surface area contributed by atoms with Crippen LogP contribution in [0.3, 0.4) is 0 Å². The van der Waals surface area contributed by atoms with E-state index in [1.54, 1.807) is 24.4 Å². The van der Waals surface area contributed by atoms with Gasteiger partial charge < -0.3 is 4.98 Å². The predicted molar refractivity (Wildman–Crippen MR) is 84.9 cm³/mol. The average molecular weight is 319 g/mol. The molecule has 5 nitrogen and oxygen atoms in total. The molecule has 0 amide bonds. The van der Waals surface area contributed by atoms with Crippen molar-refractivity contribution in [3.05, 3.63) is 77.5 Å². The molecular weight excluding hydrogens is 309 g/mol. The fourth-order valence-corrected chi connectivity index (χ4v) is 2.58. The molecule has 0 saturated heterocycles. The lowest BCUT2D eigenvalue weighted by Gasteiger charge is -2.10. The number of pyridine rings is 1. The fourth-order valence-electron chi connectivity index (χ4n) is 2.58. The minimum Gasteiger partial charge on any atom is -0.333 e. The number of aromatic amines is 1. The van der Waals surface area contributed by atoms with Crippen LogP contribution in [0.4, 0.5) is 4.39 Å². The highest BCUT2D eigenvalue weighted by atomic mass is 19.1. The summed E-state index contributed by atoms with van der Waals surface area (Å²) in [5, 5.41) is 0. The van der Waals surface area contributed by atoms with Crippen LogP contribution in [0.15, 0.2) is 54.7 Å². The highest BCUT2D eigenvalue weighted by Gasteiger charge is 2.30. The van der Waals surface area contributed by atoms with E-state index >= 15 is 0 Å². The number of benzene rings is 1. The van der Waals surface area contributed by atoms with Crippen molar-refractivity contribution in [1.82, 2.24) is 15.0 Å². The van der Waals surface area contributed by atoms with Crippen LogP contribution in [-0.4, -0.2) is 26.5 Å². The maximum Gasteiger partial charge on any atom is 0.212 e. The first-order chi connectivity index (χ1) is 11.6. The van der Waals surface area contributed by atoms with Gasteiger partial charge >= 0.3 is 0 Å². The molecule has 0 spiro atoms. The third-order valence-electron chi connectivity index (χ3n) is 3.75. The molecule has 4 rings (SSSR count). The Bertz CT molecular complexity index is 989. The molecule has 0 bridgehead atoms. The van der Waals surface area contributed by atoms with Gasteiger partial charge in [-0.15, -0.1) is 0 Å². The first-order valence-corrected chi connectivity index (χ1v) is 7.21. The number of H-pyrrole nitrogens is 1. The summed E-state index contributed by atoms with van der Waals surface area (Å²) in [5.74, 6) is -0.780. The van der Waals surface area contributed by atoms with E-state index in [0.29, 0.717) is 17.1 Å². The van der Waals surface area contributed by atoms with Crippen LogP contribution in [0, 0.1) is 5.82 Å². The molecule has 2 heterocycles. The summed E-state index contributed by atoms with van der Waals surface area (Å²) in [6.45, 7) is 0. The van der Waals surface area contributed by atoms with Gasteiger partial charge in [-0.25, -0.2) is 9.37 Å². The maximum atomic E-state index is 13.1. The van der Waals surface area contributed by atoms with Gasteiger partial charge in [0, 0.05) is 11.8 Å². The summed E-state index contributed by atoms with van der Waals surface area (Å²) >= 11 is 0. The van der Waals surface area contributed by atoms with E-state index in [1.807, 2.05) is 0 Å². The molecule has 24 heavy (non-hydrogen) atoms. The molecule has 0 unspecified atom stereocenters. The molecule has 0 saturated carbocycles. The maximum absolute atomic E-state index is 13.1. The Kier molecular flexibility index (Phi) is 3.16. The van der Waals surface area contributed by atoms with Crippen molar-refractivity contribution in [1.29, 1.82) is 0 Å². The van der Waals surface area contributed by atoms with Crippen LogP contribution >= 0.6 is 0 Å².